The largest absolute Gasteiger partial charge is 0.285 e. The van der Waals surface area contributed by atoms with E-state index in [9.17, 15) is 9.59 Å². The molecule has 0 spiro atoms. The van der Waals surface area contributed by atoms with Crippen molar-refractivity contribution < 1.29 is 4.79 Å². The predicted molar refractivity (Wildman–Crippen MR) is 78.5 cm³/mol. The van der Waals surface area contributed by atoms with E-state index in [1.807, 2.05) is 6.07 Å². The molecular formula is C15H7BrN2O2. The molecule has 0 fully saturated rings. The van der Waals surface area contributed by atoms with E-state index in [1.165, 1.54) is 4.57 Å². The number of para-hydroxylation sites is 2. The van der Waals surface area contributed by atoms with Crippen LogP contribution in [0.2, 0.25) is 0 Å². The van der Waals surface area contributed by atoms with Gasteiger partial charge in [-0.2, -0.15) is 0 Å². The van der Waals surface area contributed by atoms with Crippen LogP contribution in [0.25, 0.3) is 16.6 Å². The van der Waals surface area contributed by atoms with Gasteiger partial charge in [-0.1, -0.05) is 18.2 Å². The second kappa shape index (κ2) is 3.86. The van der Waals surface area contributed by atoms with E-state index in [1.54, 1.807) is 36.4 Å². The molecule has 0 amide bonds. The first-order chi connectivity index (χ1) is 9.68. The van der Waals surface area contributed by atoms with Crippen LogP contribution in [0.5, 0.6) is 0 Å². The summed E-state index contributed by atoms with van der Waals surface area (Å²) in [7, 11) is 0. The molecule has 1 aromatic heterocycles. The summed E-state index contributed by atoms with van der Waals surface area (Å²) in [5, 5.41) is 0.507. The van der Waals surface area contributed by atoms with Crippen molar-refractivity contribution in [1.82, 2.24) is 9.55 Å². The lowest BCUT2D eigenvalue weighted by Gasteiger charge is -2.06. The van der Waals surface area contributed by atoms with Gasteiger partial charge in [0.05, 0.1) is 22.2 Å². The van der Waals surface area contributed by atoms with Crippen molar-refractivity contribution in [2.75, 3.05) is 0 Å². The van der Waals surface area contributed by atoms with Crippen molar-refractivity contribution in [2.45, 2.75) is 0 Å². The lowest BCUT2D eigenvalue weighted by molar-refractivity contribution is 0.103. The maximum Gasteiger partial charge on any atom is 0.266 e. The minimum Gasteiger partial charge on any atom is -0.285 e. The molecule has 0 N–H and O–H groups in total. The Bertz CT molecular complexity index is 960. The second-order valence-electron chi connectivity index (χ2n) is 4.56. The average molecular weight is 327 g/mol. The van der Waals surface area contributed by atoms with E-state index in [4.69, 9.17) is 0 Å². The maximum atomic E-state index is 12.6. The van der Waals surface area contributed by atoms with Gasteiger partial charge in [-0.05, 0) is 40.2 Å². The second-order valence-corrected chi connectivity index (χ2v) is 5.41. The van der Waals surface area contributed by atoms with E-state index >= 15 is 0 Å². The number of nitrogens with zero attached hydrogens (tertiary/aromatic N) is 2. The molecule has 5 heteroatoms. The number of aromatic nitrogens is 2. The van der Waals surface area contributed by atoms with Crippen molar-refractivity contribution in [1.29, 1.82) is 0 Å². The first-order valence-corrected chi connectivity index (χ1v) is 6.83. The molecule has 0 atom stereocenters. The first kappa shape index (κ1) is 11.5. The van der Waals surface area contributed by atoms with Crippen LogP contribution >= 0.6 is 15.9 Å². The van der Waals surface area contributed by atoms with Crippen LogP contribution in [0.1, 0.15) is 16.2 Å². The standard InChI is InChI=1S/C15H7BrN2O2/c16-10-6-3-5-9-12(10)18-14(13(9)19)17-11-7-2-1-4-8(11)15(18)20/h1-7H. The van der Waals surface area contributed by atoms with E-state index in [2.05, 4.69) is 20.9 Å². The van der Waals surface area contributed by atoms with E-state index in [-0.39, 0.29) is 17.2 Å². The van der Waals surface area contributed by atoms with Gasteiger partial charge in [0.1, 0.15) is 0 Å². The highest BCUT2D eigenvalue weighted by molar-refractivity contribution is 9.10. The smallest absolute Gasteiger partial charge is 0.266 e. The minimum absolute atomic E-state index is 0.176. The molecule has 1 aliphatic heterocycles. The number of hydrogen-bond acceptors (Lipinski definition) is 3. The summed E-state index contributed by atoms with van der Waals surface area (Å²) in [5.74, 6) is -0.0419. The van der Waals surface area contributed by atoms with Crippen molar-refractivity contribution in [2.24, 2.45) is 0 Å². The number of carbonyl (C=O) groups excluding carboxylic acids is 1. The van der Waals surface area contributed by atoms with Crippen molar-refractivity contribution in [3.8, 4) is 5.69 Å². The Morgan fingerprint density at radius 2 is 1.80 bits per heavy atom. The molecule has 0 saturated carbocycles. The molecule has 0 radical (unpaired) electrons. The monoisotopic (exact) mass is 326 g/mol. The molecule has 1 aliphatic rings. The van der Waals surface area contributed by atoms with Gasteiger partial charge in [0, 0.05) is 4.47 Å². The van der Waals surface area contributed by atoms with Gasteiger partial charge in [0.25, 0.3) is 5.56 Å². The van der Waals surface area contributed by atoms with Gasteiger partial charge in [-0.15, -0.1) is 0 Å². The van der Waals surface area contributed by atoms with Gasteiger partial charge in [-0.3, -0.25) is 14.2 Å². The molecule has 4 rings (SSSR count). The third-order valence-electron chi connectivity index (χ3n) is 3.43. The van der Waals surface area contributed by atoms with E-state index < -0.39 is 0 Å². The number of fused-ring (bicyclic) bond motifs is 4. The molecule has 0 unspecified atom stereocenters. The third-order valence-corrected chi connectivity index (χ3v) is 4.07. The molecule has 20 heavy (non-hydrogen) atoms. The van der Waals surface area contributed by atoms with E-state index in [0.29, 0.717) is 26.6 Å². The summed E-state index contributed by atoms with van der Waals surface area (Å²) in [6.07, 6.45) is 0. The zero-order valence-corrected chi connectivity index (χ0v) is 11.7. The van der Waals surface area contributed by atoms with Crippen LogP contribution in [0.3, 0.4) is 0 Å². The number of rotatable bonds is 0. The van der Waals surface area contributed by atoms with Crippen LogP contribution in [-0.2, 0) is 0 Å². The summed E-state index contributed by atoms with van der Waals surface area (Å²) in [4.78, 5) is 29.4. The summed E-state index contributed by atoms with van der Waals surface area (Å²) in [5.41, 5.74) is 1.40. The third kappa shape index (κ3) is 1.33. The SMILES string of the molecule is O=C1c2cccc(Br)c2-n2c1nc1ccccc1c2=O. The van der Waals surface area contributed by atoms with Gasteiger partial charge in [0.15, 0.2) is 5.82 Å². The predicted octanol–water partition coefficient (Wildman–Crippen LogP) is 2.69. The van der Waals surface area contributed by atoms with Crippen molar-refractivity contribution in [3.05, 3.63) is 68.7 Å². The molecule has 0 bridgehead atoms. The summed E-state index contributed by atoms with van der Waals surface area (Å²) >= 11 is 3.40. The Morgan fingerprint density at radius 1 is 1.00 bits per heavy atom. The van der Waals surface area contributed by atoms with Crippen molar-refractivity contribution >= 4 is 32.6 Å². The fraction of sp³-hybridized carbons (Fsp3) is 0. The van der Waals surface area contributed by atoms with Gasteiger partial charge in [-0.25, -0.2) is 4.98 Å². The summed E-state index contributed by atoms with van der Waals surface area (Å²) < 4.78 is 2.10. The number of benzene rings is 2. The molecule has 4 nitrogen and oxygen atoms in total. The highest BCUT2D eigenvalue weighted by atomic mass is 79.9. The molecular weight excluding hydrogens is 320 g/mol. The number of carbonyl (C=O) groups is 1. The summed E-state index contributed by atoms with van der Waals surface area (Å²) in [6, 6.07) is 12.3. The molecule has 0 saturated heterocycles. The maximum absolute atomic E-state index is 12.6. The minimum atomic E-state index is -0.218. The number of ketones is 1. The Labute approximate surface area is 121 Å². The average Bonchev–Trinajstić information content (AvgIpc) is 2.75. The zero-order chi connectivity index (χ0) is 13.9. The first-order valence-electron chi connectivity index (χ1n) is 6.04. The zero-order valence-electron chi connectivity index (χ0n) is 10.1. The number of halogens is 1. The van der Waals surface area contributed by atoms with Crippen LogP contribution in [0.15, 0.2) is 51.7 Å². The van der Waals surface area contributed by atoms with Crippen molar-refractivity contribution in [3.63, 3.8) is 0 Å². The van der Waals surface area contributed by atoms with Crippen LogP contribution in [-0.4, -0.2) is 15.3 Å². The Balaban J connectivity index is 2.25. The Kier molecular flexibility index (Phi) is 2.23. The van der Waals surface area contributed by atoms with Gasteiger partial charge in [0.2, 0.25) is 5.78 Å². The Hall–Kier alpha value is -2.27. The van der Waals surface area contributed by atoms with Gasteiger partial charge >= 0.3 is 0 Å². The molecule has 2 heterocycles. The fourth-order valence-electron chi connectivity index (χ4n) is 2.54. The lowest BCUT2D eigenvalue weighted by atomic mass is 10.1. The van der Waals surface area contributed by atoms with Crippen LogP contribution in [0, 0.1) is 0 Å². The topological polar surface area (TPSA) is 52.0 Å². The van der Waals surface area contributed by atoms with Crippen LogP contribution in [0.4, 0.5) is 0 Å². The lowest BCUT2D eigenvalue weighted by Crippen LogP contribution is -2.21. The molecule has 96 valence electrons. The molecule has 3 aromatic rings. The fourth-order valence-corrected chi connectivity index (χ4v) is 3.08. The normalized spacial score (nSPS) is 12.6. The molecule has 2 aromatic carbocycles. The Morgan fingerprint density at radius 3 is 2.65 bits per heavy atom. The molecule has 0 aliphatic carbocycles. The highest BCUT2D eigenvalue weighted by Crippen LogP contribution is 2.31. The quantitative estimate of drug-likeness (QED) is 0.499. The van der Waals surface area contributed by atoms with Crippen LogP contribution < -0.4 is 5.56 Å². The highest BCUT2D eigenvalue weighted by Gasteiger charge is 2.31. The number of hydrogen-bond donors (Lipinski definition) is 0. The van der Waals surface area contributed by atoms with E-state index in [0.717, 1.165) is 0 Å². The van der Waals surface area contributed by atoms with Gasteiger partial charge < -0.3 is 0 Å². The summed E-state index contributed by atoms with van der Waals surface area (Å²) in [6.45, 7) is 0.